The number of rotatable bonds is 5. The highest BCUT2D eigenvalue weighted by Crippen LogP contribution is 2.27. The summed E-state index contributed by atoms with van der Waals surface area (Å²) in [6.45, 7) is 0. The monoisotopic (exact) mass is 351 g/mol. The molecule has 0 aliphatic rings. The van der Waals surface area contributed by atoms with Crippen molar-refractivity contribution >= 4 is 11.8 Å². The van der Waals surface area contributed by atoms with E-state index in [9.17, 15) is 4.39 Å². The molecule has 0 spiro atoms. The van der Waals surface area contributed by atoms with Crippen molar-refractivity contribution in [3.63, 3.8) is 0 Å². The second kappa shape index (κ2) is 6.94. The molecule has 0 radical (unpaired) electrons. The molecule has 2 aromatic carbocycles. The minimum absolute atomic E-state index is 0.267. The molecule has 25 heavy (non-hydrogen) atoms. The number of nitrogens with zero attached hydrogens (tertiary/aromatic N) is 3. The van der Waals surface area contributed by atoms with Crippen LogP contribution in [0.5, 0.6) is 0 Å². The Hall–Kier alpha value is -2.86. The third-order valence-corrected chi connectivity index (χ3v) is 4.59. The molecule has 0 aliphatic heterocycles. The Labute approximate surface area is 148 Å². The molecule has 0 bridgehead atoms. The third-order valence-electron chi connectivity index (χ3n) is 3.68. The molecule has 124 valence electrons. The second-order valence-corrected chi connectivity index (χ2v) is 6.33. The highest BCUT2D eigenvalue weighted by Gasteiger charge is 2.08. The summed E-state index contributed by atoms with van der Waals surface area (Å²) in [5, 5.41) is 4.80. The summed E-state index contributed by atoms with van der Waals surface area (Å²) in [7, 11) is 0. The van der Waals surface area contributed by atoms with E-state index in [1.54, 1.807) is 24.5 Å². The highest BCUT2D eigenvalue weighted by atomic mass is 32.2. The van der Waals surface area contributed by atoms with Crippen LogP contribution in [0.1, 0.15) is 5.56 Å². The SMILES string of the molecule is Fc1ccc(-c2cnc(SCc3ccc(-n4cccn4)cc3)o2)cc1. The summed E-state index contributed by atoms with van der Waals surface area (Å²) in [6, 6.07) is 16.3. The quantitative estimate of drug-likeness (QED) is 0.477. The van der Waals surface area contributed by atoms with Crippen molar-refractivity contribution in [2.75, 3.05) is 0 Å². The van der Waals surface area contributed by atoms with Crippen LogP contribution in [0.2, 0.25) is 0 Å². The molecule has 2 aromatic heterocycles. The predicted octanol–water partition coefficient (Wildman–Crippen LogP) is 4.96. The zero-order chi connectivity index (χ0) is 17.1. The van der Waals surface area contributed by atoms with Crippen LogP contribution in [0.25, 0.3) is 17.0 Å². The largest absolute Gasteiger partial charge is 0.431 e. The fourth-order valence-electron chi connectivity index (χ4n) is 2.38. The first-order valence-corrected chi connectivity index (χ1v) is 8.70. The molecule has 0 fully saturated rings. The lowest BCUT2D eigenvalue weighted by Gasteiger charge is -2.03. The van der Waals surface area contributed by atoms with Gasteiger partial charge in [0.1, 0.15) is 5.82 Å². The van der Waals surface area contributed by atoms with Crippen LogP contribution in [0.4, 0.5) is 4.39 Å². The Bertz CT molecular complexity index is 947. The topological polar surface area (TPSA) is 43.9 Å². The average molecular weight is 351 g/mol. The van der Waals surface area contributed by atoms with Gasteiger partial charge in [0, 0.05) is 23.7 Å². The zero-order valence-electron chi connectivity index (χ0n) is 13.2. The number of thioether (sulfide) groups is 1. The molecular weight excluding hydrogens is 337 g/mol. The standard InChI is InChI=1S/C19H14FN3OS/c20-16-6-4-15(5-7-16)18-12-21-19(24-18)25-13-14-2-8-17(9-3-14)23-11-1-10-22-23/h1-12H,13H2. The van der Waals surface area contributed by atoms with Crippen molar-refractivity contribution in [3.8, 4) is 17.0 Å². The normalized spacial score (nSPS) is 10.9. The van der Waals surface area contributed by atoms with E-state index in [-0.39, 0.29) is 5.82 Å². The van der Waals surface area contributed by atoms with E-state index in [1.807, 2.05) is 29.1 Å². The van der Waals surface area contributed by atoms with E-state index in [4.69, 9.17) is 4.42 Å². The average Bonchev–Trinajstić information content (AvgIpc) is 3.33. The Morgan fingerprint density at radius 2 is 1.84 bits per heavy atom. The van der Waals surface area contributed by atoms with E-state index < -0.39 is 0 Å². The van der Waals surface area contributed by atoms with Crippen molar-refractivity contribution in [2.45, 2.75) is 11.0 Å². The molecule has 2 heterocycles. The van der Waals surface area contributed by atoms with Crippen LogP contribution < -0.4 is 0 Å². The van der Waals surface area contributed by atoms with Crippen LogP contribution in [0.3, 0.4) is 0 Å². The molecule has 6 heteroatoms. The predicted molar refractivity (Wildman–Crippen MR) is 95.0 cm³/mol. The fraction of sp³-hybridized carbons (Fsp3) is 0.0526. The van der Waals surface area contributed by atoms with Gasteiger partial charge in [-0.1, -0.05) is 23.9 Å². The Kier molecular flexibility index (Phi) is 4.35. The van der Waals surface area contributed by atoms with Crippen LogP contribution in [0, 0.1) is 5.82 Å². The first kappa shape index (κ1) is 15.7. The highest BCUT2D eigenvalue weighted by molar-refractivity contribution is 7.98. The summed E-state index contributed by atoms with van der Waals surface area (Å²) in [6.07, 6.45) is 5.33. The lowest BCUT2D eigenvalue weighted by Crippen LogP contribution is -1.93. The maximum atomic E-state index is 13.0. The molecule has 0 saturated heterocycles. The van der Waals surface area contributed by atoms with Gasteiger partial charge in [0.2, 0.25) is 0 Å². The van der Waals surface area contributed by atoms with Crippen molar-refractivity contribution in [2.24, 2.45) is 0 Å². The fourth-order valence-corrected chi connectivity index (χ4v) is 3.14. The first-order valence-electron chi connectivity index (χ1n) is 7.71. The van der Waals surface area contributed by atoms with E-state index in [0.29, 0.717) is 11.0 Å². The number of oxazole rings is 1. The van der Waals surface area contributed by atoms with Gasteiger partial charge in [-0.05, 0) is 48.0 Å². The molecule has 0 saturated carbocycles. The number of aromatic nitrogens is 3. The van der Waals surface area contributed by atoms with Crippen molar-refractivity contribution < 1.29 is 8.81 Å². The summed E-state index contributed by atoms with van der Waals surface area (Å²) >= 11 is 1.52. The van der Waals surface area contributed by atoms with Crippen LogP contribution in [-0.4, -0.2) is 14.8 Å². The van der Waals surface area contributed by atoms with Crippen LogP contribution in [-0.2, 0) is 5.75 Å². The molecular formula is C19H14FN3OS. The molecule has 0 unspecified atom stereocenters. The maximum Gasteiger partial charge on any atom is 0.256 e. The Morgan fingerprint density at radius 3 is 2.56 bits per heavy atom. The summed E-state index contributed by atoms with van der Waals surface area (Å²) in [5.41, 5.74) is 3.00. The molecule has 4 rings (SSSR count). The molecule has 0 amide bonds. The lowest BCUT2D eigenvalue weighted by atomic mass is 10.2. The number of hydrogen-bond acceptors (Lipinski definition) is 4. The summed E-state index contributed by atoms with van der Waals surface area (Å²) in [5.74, 6) is 1.12. The Morgan fingerprint density at radius 1 is 1.04 bits per heavy atom. The van der Waals surface area contributed by atoms with Gasteiger partial charge in [-0.2, -0.15) is 5.10 Å². The lowest BCUT2D eigenvalue weighted by molar-refractivity contribution is 0.466. The van der Waals surface area contributed by atoms with Crippen molar-refractivity contribution in [1.82, 2.24) is 14.8 Å². The van der Waals surface area contributed by atoms with Gasteiger partial charge in [0.15, 0.2) is 5.76 Å². The number of hydrogen-bond donors (Lipinski definition) is 0. The van der Waals surface area contributed by atoms with Crippen LogP contribution in [0.15, 0.2) is 82.8 Å². The smallest absolute Gasteiger partial charge is 0.256 e. The Balaban J connectivity index is 1.41. The van der Waals surface area contributed by atoms with Gasteiger partial charge in [0.05, 0.1) is 11.9 Å². The van der Waals surface area contributed by atoms with Gasteiger partial charge in [-0.25, -0.2) is 14.1 Å². The molecule has 0 N–H and O–H groups in total. The van der Waals surface area contributed by atoms with Gasteiger partial charge >= 0.3 is 0 Å². The van der Waals surface area contributed by atoms with E-state index in [0.717, 1.165) is 17.0 Å². The minimum atomic E-state index is -0.267. The van der Waals surface area contributed by atoms with E-state index >= 15 is 0 Å². The molecule has 0 atom stereocenters. The zero-order valence-corrected chi connectivity index (χ0v) is 14.0. The third kappa shape index (κ3) is 3.64. The van der Waals surface area contributed by atoms with Crippen molar-refractivity contribution in [1.29, 1.82) is 0 Å². The maximum absolute atomic E-state index is 13.0. The molecule has 0 aliphatic carbocycles. The number of benzene rings is 2. The molecule has 4 aromatic rings. The van der Waals surface area contributed by atoms with Crippen LogP contribution >= 0.6 is 11.8 Å². The van der Waals surface area contributed by atoms with E-state index in [2.05, 4.69) is 22.2 Å². The minimum Gasteiger partial charge on any atom is -0.431 e. The second-order valence-electron chi connectivity index (χ2n) is 5.40. The molecule has 4 nitrogen and oxygen atoms in total. The summed E-state index contributed by atoms with van der Waals surface area (Å²) < 4.78 is 20.5. The van der Waals surface area contributed by atoms with Gasteiger partial charge in [-0.3, -0.25) is 0 Å². The van der Waals surface area contributed by atoms with E-state index in [1.165, 1.54) is 29.5 Å². The number of halogens is 1. The summed E-state index contributed by atoms with van der Waals surface area (Å²) in [4.78, 5) is 4.28. The van der Waals surface area contributed by atoms with Gasteiger partial charge in [-0.15, -0.1) is 0 Å². The van der Waals surface area contributed by atoms with Gasteiger partial charge < -0.3 is 4.42 Å². The first-order chi connectivity index (χ1) is 12.3. The van der Waals surface area contributed by atoms with Crippen molar-refractivity contribution in [3.05, 3.63) is 84.6 Å². The van der Waals surface area contributed by atoms with Gasteiger partial charge in [0.25, 0.3) is 5.22 Å².